The number of benzene rings is 1. The van der Waals surface area contributed by atoms with Gasteiger partial charge in [0.2, 0.25) is 5.91 Å². The Bertz CT molecular complexity index is 428. The molecule has 0 fully saturated rings. The van der Waals surface area contributed by atoms with Gasteiger partial charge in [-0.2, -0.15) is 0 Å². The van der Waals surface area contributed by atoms with Crippen LogP contribution < -0.4 is 15.8 Å². The van der Waals surface area contributed by atoms with E-state index in [0.29, 0.717) is 13.0 Å². The number of hydrogen-bond acceptors (Lipinski definition) is 3. The molecular formula is C15H24N2O2. The summed E-state index contributed by atoms with van der Waals surface area (Å²) in [5.41, 5.74) is 8.05. The summed E-state index contributed by atoms with van der Waals surface area (Å²) in [7, 11) is 0. The molecule has 106 valence electrons. The number of nitrogens with one attached hydrogen (secondary N) is 1. The van der Waals surface area contributed by atoms with Gasteiger partial charge in [-0.3, -0.25) is 4.79 Å². The molecule has 0 spiro atoms. The van der Waals surface area contributed by atoms with Crippen molar-refractivity contribution < 1.29 is 9.53 Å². The number of ether oxygens (including phenoxy) is 1. The zero-order valence-corrected chi connectivity index (χ0v) is 12.2. The first-order valence-corrected chi connectivity index (χ1v) is 6.68. The molecule has 0 saturated heterocycles. The van der Waals surface area contributed by atoms with Crippen LogP contribution in [-0.4, -0.2) is 18.6 Å². The summed E-state index contributed by atoms with van der Waals surface area (Å²) < 4.78 is 5.66. The largest absolute Gasteiger partial charge is 0.493 e. The third kappa shape index (κ3) is 5.30. The van der Waals surface area contributed by atoms with E-state index in [4.69, 9.17) is 10.5 Å². The molecule has 0 aromatic heterocycles. The van der Waals surface area contributed by atoms with E-state index in [2.05, 4.69) is 5.32 Å². The second-order valence-corrected chi connectivity index (χ2v) is 5.15. The molecule has 1 aromatic carbocycles. The van der Waals surface area contributed by atoms with E-state index in [1.807, 2.05) is 45.9 Å². The van der Waals surface area contributed by atoms with Crippen molar-refractivity contribution in [1.29, 1.82) is 0 Å². The molecule has 1 aromatic rings. The fourth-order valence-electron chi connectivity index (χ4n) is 1.80. The minimum atomic E-state index is -0.0839. The summed E-state index contributed by atoms with van der Waals surface area (Å²) in [5.74, 6) is 0.766. The first kappa shape index (κ1) is 15.5. The number of nitrogens with two attached hydrogens (primary N) is 1. The number of carbonyl (C=O) groups excluding carboxylic acids is 1. The predicted octanol–water partition coefficient (Wildman–Crippen LogP) is 2.31. The van der Waals surface area contributed by atoms with Gasteiger partial charge in [0, 0.05) is 17.6 Å². The highest BCUT2D eigenvalue weighted by atomic mass is 16.5. The van der Waals surface area contributed by atoms with E-state index in [9.17, 15) is 4.79 Å². The Morgan fingerprint density at radius 2 is 2.05 bits per heavy atom. The second kappa shape index (κ2) is 7.14. The van der Waals surface area contributed by atoms with Crippen LogP contribution in [0.5, 0.6) is 5.75 Å². The average molecular weight is 264 g/mol. The van der Waals surface area contributed by atoms with Gasteiger partial charge >= 0.3 is 0 Å². The molecular weight excluding hydrogens is 240 g/mol. The number of rotatable bonds is 6. The molecule has 0 radical (unpaired) electrons. The van der Waals surface area contributed by atoms with Crippen LogP contribution in [0.2, 0.25) is 0 Å². The molecule has 19 heavy (non-hydrogen) atoms. The molecule has 0 heterocycles. The van der Waals surface area contributed by atoms with E-state index in [-0.39, 0.29) is 18.0 Å². The van der Waals surface area contributed by atoms with Gasteiger partial charge in [0.1, 0.15) is 5.75 Å². The quantitative estimate of drug-likeness (QED) is 0.828. The van der Waals surface area contributed by atoms with Gasteiger partial charge in [0.25, 0.3) is 0 Å². The smallest absolute Gasteiger partial charge is 0.223 e. The third-order valence-electron chi connectivity index (χ3n) is 2.69. The minimum Gasteiger partial charge on any atom is -0.493 e. The third-order valence-corrected chi connectivity index (χ3v) is 2.69. The number of hydrogen-bond donors (Lipinski definition) is 2. The lowest BCUT2D eigenvalue weighted by atomic mass is 10.1. The van der Waals surface area contributed by atoms with Crippen LogP contribution in [0.25, 0.3) is 0 Å². The lowest BCUT2D eigenvalue weighted by Gasteiger charge is -2.15. The molecule has 3 N–H and O–H groups in total. The Morgan fingerprint density at radius 1 is 1.37 bits per heavy atom. The summed E-state index contributed by atoms with van der Waals surface area (Å²) in [6.07, 6.45) is 0.352. The van der Waals surface area contributed by atoms with Crippen molar-refractivity contribution in [3.05, 3.63) is 29.3 Å². The van der Waals surface area contributed by atoms with E-state index >= 15 is 0 Å². The standard InChI is InChI=1S/C15H24N2O2/c1-10(2)17-15(18)7-8-19-14-6-5-11(3)9-13(14)12(4)16/h5-6,9-10,12H,7-8,16H2,1-4H3,(H,17,18)/t12-/m0/s1. The zero-order chi connectivity index (χ0) is 14.4. The Labute approximate surface area is 115 Å². The molecule has 0 aliphatic heterocycles. The molecule has 0 aliphatic carbocycles. The predicted molar refractivity (Wildman–Crippen MR) is 77.2 cm³/mol. The van der Waals surface area contributed by atoms with Crippen molar-refractivity contribution in [3.8, 4) is 5.75 Å². The van der Waals surface area contributed by atoms with E-state index in [0.717, 1.165) is 16.9 Å². The maximum atomic E-state index is 11.5. The van der Waals surface area contributed by atoms with Gasteiger partial charge in [-0.1, -0.05) is 17.7 Å². The zero-order valence-electron chi connectivity index (χ0n) is 12.2. The Kier molecular flexibility index (Phi) is 5.83. The Morgan fingerprint density at radius 3 is 2.63 bits per heavy atom. The number of carbonyl (C=O) groups is 1. The van der Waals surface area contributed by atoms with Gasteiger partial charge in [0.05, 0.1) is 13.0 Å². The van der Waals surface area contributed by atoms with Crippen molar-refractivity contribution >= 4 is 5.91 Å². The maximum Gasteiger partial charge on any atom is 0.223 e. The highest BCUT2D eigenvalue weighted by molar-refractivity contribution is 5.76. The molecule has 1 atom stereocenters. The molecule has 0 aliphatic rings. The second-order valence-electron chi connectivity index (χ2n) is 5.15. The van der Waals surface area contributed by atoms with Crippen LogP contribution in [0.1, 0.15) is 44.4 Å². The highest BCUT2D eigenvalue weighted by Crippen LogP contribution is 2.25. The summed E-state index contributed by atoms with van der Waals surface area (Å²) in [6, 6.07) is 5.99. The number of aryl methyl sites for hydroxylation is 1. The van der Waals surface area contributed by atoms with Gasteiger partial charge in [-0.25, -0.2) is 0 Å². The maximum absolute atomic E-state index is 11.5. The van der Waals surface area contributed by atoms with Crippen molar-refractivity contribution in [2.75, 3.05) is 6.61 Å². The molecule has 1 rings (SSSR count). The van der Waals surface area contributed by atoms with Gasteiger partial charge in [0.15, 0.2) is 0 Å². The summed E-state index contributed by atoms with van der Waals surface area (Å²) >= 11 is 0. The van der Waals surface area contributed by atoms with Crippen LogP contribution >= 0.6 is 0 Å². The van der Waals surface area contributed by atoms with Crippen LogP contribution in [0.4, 0.5) is 0 Å². The molecule has 0 saturated carbocycles. The lowest BCUT2D eigenvalue weighted by molar-refractivity contribution is -0.122. The van der Waals surface area contributed by atoms with Crippen molar-refractivity contribution in [1.82, 2.24) is 5.32 Å². The van der Waals surface area contributed by atoms with Crippen molar-refractivity contribution in [2.24, 2.45) is 5.73 Å². The van der Waals surface area contributed by atoms with Gasteiger partial charge < -0.3 is 15.8 Å². The molecule has 0 unspecified atom stereocenters. The van der Waals surface area contributed by atoms with E-state index in [1.165, 1.54) is 0 Å². The Balaban J connectivity index is 2.56. The first-order valence-electron chi connectivity index (χ1n) is 6.68. The number of amides is 1. The van der Waals surface area contributed by atoms with Crippen LogP contribution in [0.15, 0.2) is 18.2 Å². The van der Waals surface area contributed by atoms with Crippen LogP contribution in [0.3, 0.4) is 0 Å². The molecule has 4 heteroatoms. The molecule has 4 nitrogen and oxygen atoms in total. The van der Waals surface area contributed by atoms with E-state index in [1.54, 1.807) is 0 Å². The highest BCUT2D eigenvalue weighted by Gasteiger charge is 2.09. The lowest BCUT2D eigenvalue weighted by Crippen LogP contribution is -2.31. The normalized spacial score (nSPS) is 12.3. The fraction of sp³-hybridized carbons (Fsp3) is 0.533. The van der Waals surface area contributed by atoms with Crippen LogP contribution in [-0.2, 0) is 4.79 Å². The van der Waals surface area contributed by atoms with Gasteiger partial charge in [-0.15, -0.1) is 0 Å². The molecule has 1 amide bonds. The topological polar surface area (TPSA) is 64.3 Å². The average Bonchev–Trinajstić information content (AvgIpc) is 2.29. The SMILES string of the molecule is Cc1ccc(OCCC(=O)NC(C)C)c([C@H](C)N)c1. The van der Waals surface area contributed by atoms with E-state index < -0.39 is 0 Å². The fourth-order valence-corrected chi connectivity index (χ4v) is 1.80. The van der Waals surface area contributed by atoms with Gasteiger partial charge in [-0.05, 0) is 33.8 Å². The van der Waals surface area contributed by atoms with Crippen LogP contribution in [0, 0.1) is 6.92 Å². The minimum absolute atomic E-state index is 0.00413. The summed E-state index contributed by atoms with van der Waals surface area (Å²) in [5, 5.41) is 2.83. The van der Waals surface area contributed by atoms with Crippen molar-refractivity contribution in [2.45, 2.75) is 46.2 Å². The summed E-state index contributed by atoms with van der Waals surface area (Å²) in [4.78, 5) is 11.5. The Hall–Kier alpha value is -1.55. The first-order chi connectivity index (χ1) is 8.90. The monoisotopic (exact) mass is 264 g/mol. The van der Waals surface area contributed by atoms with Crippen molar-refractivity contribution in [3.63, 3.8) is 0 Å². The summed E-state index contributed by atoms with van der Waals surface area (Å²) in [6.45, 7) is 8.18. The molecule has 0 bridgehead atoms.